The van der Waals surface area contributed by atoms with Gasteiger partial charge >= 0.3 is 12.1 Å². The maximum atomic E-state index is 14.4. The number of amides is 1. The number of ether oxygens (including phenoxy) is 1. The Labute approximate surface area is 228 Å². The van der Waals surface area contributed by atoms with Gasteiger partial charge in [0, 0.05) is 42.4 Å². The molecule has 1 unspecified atom stereocenters. The Morgan fingerprint density at radius 3 is 2.54 bits per heavy atom. The summed E-state index contributed by atoms with van der Waals surface area (Å²) in [6, 6.07) is 8.99. The van der Waals surface area contributed by atoms with Crippen LogP contribution in [0.1, 0.15) is 54.9 Å². The molecule has 10 nitrogen and oxygen atoms in total. The highest BCUT2D eigenvalue weighted by Crippen LogP contribution is 2.35. The number of halogens is 4. The van der Waals surface area contributed by atoms with Crippen LogP contribution in [0.3, 0.4) is 0 Å². The number of hydrogen-bond donors (Lipinski definition) is 1. The zero-order chi connectivity index (χ0) is 29.5. The molecule has 3 heterocycles. The molecule has 0 aliphatic carbocycles. The van der Waals surface area contributed by atoms with E-state index in [-0.39, 0.29) is 34.1 Å². The van der Waals surface area contributed by atoms with Gasteiger partial charge in [0.1, 0.15) is 5.82 Å². The molecule has 1 aliphatic heterocycles. The van der Waals surface area contributed by atoms with Gasteiger partial charge in [-0.3, -0.25) is 14.9 Å². The lowest BCUT2D eigenvalue weighted by molar-refractivity contribution is -0.384. The second-order valence-electron chi connectivity index (χ2n) is 9.13. The summed E-state index contributed by atoms with van der Waals surface area (Å²) in [6.07, 6.45) is -4.69. The summed E-state index contributed by atoms with van der Waals surface area (Å²) in [5.74, 6) is -2.35. The molecule has 210 valence electrons. The minimum atomic E-state index is -4.89. The summed E-state index contributed by atoms with van der Waals surface area (Å²) in [4.78, 5) is 40.0. The first-order valence-corrected chi connectivity index (χ1v) is 12.1. The Hall–Kier alpha value is -5.14. The van der Waals surface area contributed by atoms with Crippen molar-refractivity contribution in [2.45, 2.75) is 25.6 Å². The van der Waals surface area contributed by atoms with E-state index in [1.165, 1.54) is 23.0 Å². The lowest BCUT2D eigenvalue weighted by atomic mass is 9.99. The number of nitro groups is 1. The molecule has 0 saturated heterocycles. The summed E-state index contributed by atoms with van der Waals surface area (Å²) >= 11 is 0. The molecule has 2 aromatic carbocycles. The summed E-state index contributed by atoms with van der Waals surface area (Å²) in [5, 5.41) is 18.1. The molecular formula is C27H19F4N5O5. The monoisotopic (exact) mass is 569 g/mol. The fraction of sp³-hybridized carbons (Fsp3) is 0.185. The number of nitro benzene ring substituents is 1. The van der Waals surface area contributed by atoms with Crippen molar-refractivity contribution in [3.05, 3.63) is 116 Å². The van der Waals surface area contributed by atoms with E-state index < -0.39 is 34.6 Å². The third-order valence-corrected chi connectivity index (χ3v) is 6.41. The second kappa shape index (κ2) is 10.4. The highest BCUT2D eigenvalue weighted by atomic mass is 19.4. The van der Waals surface area contributed by atoms with E-state index in [4.69, 9.17) is 4.74 Å². The molecule has 2 aromatic heterocycles. The lowest BCUT2D eigenvalue weighted by Gasteiger charge is -2.21. The Balaban J connectivity index is 1.60. The quantitative estimate of drug-likeness (QED) is 0.152. The zero-order valence-electron chi connectivity index (χ0n) is 21.1. The number of alkyl halides is 3. The number of carbonyl (C=O) groups is 2. The number of fused-ring (bicyclic) bond motifs is 1. The molecule has 0 saturated carbocycles. The molecule has 4 aromatic rings. The number of non-ortho nitro benzene ring substituents is 1. The normalized spacial score (nSPS) is 13.7. The van der Waals surface area contributed by atoms with Crippen molar-refractivity contribution in [3.63, 3.8) is 0 Å². The van der Waals surface area contributed by atoms with Crippen LogP contribution in [0.2, 0.25) is 0 Å². The van der Waals surface area contributed by atoms with Gasteiger partial charge in [-0.25, -0.2) is 18.9 Å². The topological polar surface area (TPSA) is 129 Å². The Kier molecular flexibility index (Phi) is 6.99. The number of carbonyl (C=O) groups excluding carboxylic acids is 2. The summed E-state index contributed by atoms with van der Waals surface area (Å²) in [7, 11) is 0. The van der Waals surface area contributed by atoms with E-state index in [0.717, 1.165) is 30.3 Å². The lowest BCUT2D eigenvalue weighted by Crippen LogP contribution is -2.32. The van der Waals surface area contributed by atoms with Crippen molar-refractivity contribution >= 4 is 17.6 Å². The van der Waals surface area contributed by atoms with Gasteiger partial charge in [0.25, 0.3) is 11.6 Å². The highest BCUT2D eigenvalue weighted by Gasteiger charge is 2.33. The van der Waals surface area contributed by atoms with Crippen LogP contribution in [0.25, 0.3) is 5.82 Å². The van der Waals surface area contributed by atoms with Crippen LogP contribution in [0.15, 0.2) is 60.8 Å². The Bertz CT molecular complexity index is 1680. The molecule has 0 fully saturated rings. The van der Waals surface area contributed by atoms with Crippen molar-refractivity contribution in [1.29, 1.82) is 0 Å². The summed E-state index contributed by atoms with van der Waals surface area (Å²) in [6.45, 7) is 2.00. The first-order chi connectivity index (χ1) is 19.4. The maximum Gasteiger partial charge on any atom is 0.416 e. The number of aromatic nitrogens is 3. The molecule has 1 N–H and O–H groups in total. The third kappa shape index (κ3) is 5.48. The van der Waals surface area contributed by atoms with Crippen LogP contribution in [-0.4, -0.2) is 38.1 Å². The molecule has 0 bridgehead atoms. The molecule has 1 atom stereocenters. The SMILES string of the molecule is Cc1nn(-c2cc(C(OC(=O)c3ccc([N+](=O)[O-])cc3)c3cc(F)cc(C(F)(F)F)c3)ccn2)c2c1C(=O)NCC2. The minimum Gasteiger partial charge on any atom is -0.449 e. The van der Waals surface area contributed by atoms with Crippen molar-refractivity contribution < 1.29 is 36.8 Å². The van der Waals surface area contributed by atoms with Crippen LogP contribution >= 0.6 is 0 Å². The van der Waals surface area contributed by atoms with Crippen molar-refractivity contribution in [2.75, 3.05) is 6.54 Å². The minimum absolute atomic E-state index is 0.120. The third-order valence-electron chi connectivity index (χ3n) is 6.41. The summed E-state index contributed by atoms with van der Waals surface area (Å²) < 4.78 is 62.1. The van der Waals surface area contributed by atoms with Gasteiger partial charge in [0.2, 0.25) is 0 Å². The standard InChI is InChI=1S/C27H19F4N5O5/c1-14-23-21(7-9-33-25(23)37)35(34-14)22-12-16(6-8-32-22)24(17-10-18(27(29,30)31)13-19(28)11-17)41-26(38)15-2-4-20(5-3-15)36(39)40/h2-6,8,10-13,24H,7,9H2,1H3,(H,33,37). The predicted octanol–water partition coefficient (Wildman–Crippen LogP) is 4.87. The van der Waals surface area contributed by atoms with Crippen molar-refractivity contribution in [1.82, 2.24) is 20.1 Å². The van der Waals surface area contributed by atoms with Crippen molar-refractivity contribution in [3.8, 4) is 5.82 Å². The van der Waals surface area contributed by atoms with E-state index in [1.54, 1.807) is 6.92 Å². The molecular weight excluding hydrogens is 550 g/mol. The number of nitrogens with one attached hydrogen (secondary N) is 1. The maximum absolute atomic E-state index is 14.4. The van der Waals surface area contributed by atoms with Crippen LogP contribution in [0.5, 0.6) is 0 Å². The number of esters is 1. The second-order valence-corrected chi connectivity index (χ2v) is 9.13. The van der Waals surface area contributed by atoms with E-state index in [0.29, 0.717) is 42.0 Å². The van der Waals surface area contributed by atoms with Gasteiger partial charge in [-0.2, -0.15) is 18.3 Å². The Morgan fingerprint density at radius 1 is 1.12 bits per heavy atom. The number of nitrogens with zero attached hydrogens (tertiary/aromatic N) is 4. The number of aryl methyl sites for hydroxylation is 1. The van der Waals surface area contributed by atoms with Gasteiger partial charge in [0.05, 0.1) is 33.0 Å². The number of rotatable bonds is 6. The van der Waals surface area contributed by atoms with E-state index in [1.807, 2.05) is 0 Å². The van der Waals surface area contributed by atoms with Crippen LogP contribution in [0.4, 0.5) is 23.2 Å². The molecule has 0 spiro atoms. The molecule has 0 radical (unpaired) electrons. The fourth-order valence-corrected chi connectivity index (χ4v) is 4.54. The average molecular weight is 569 g/mol. The first-order valence-electron chi connectivity index (χ1n) is 12.1. The molecule has 5 rings (SSSR count). The van der Waals surface area contributed by atoms with Crippen LogP contribution < -0.4 is 5.32 Å². The number of pyridine rings is 1. The summed E-state index contributed by atoms with van der Waals surface area (Å²) in [5.41, 5.74) is -0.501. The van der Waals surface area contributed by atoms with Crippen LogP contribution in [-0.2, 0) is 17.3 Å². The molecule has 1 aliphatic rings. The first kappa shape index (κ1) is 27.4. The van der Waals surface area contributed by atoms with Gasteiger partial charge in [0.15, 0.2) is 11.9 Å². The smallest absolute Gasteiger partial charge is 0.416 e. The largest absolute Gasteiger partial charge is 0.449 e. The van der Waals surface area contributed by atoms with Gasteiger partial charge < -0.3 is 10.1 Å². The molecule has 41 heavy (non-hydrogen) atoms. The number of hydrogen-bond acceptors (Lipinski definition) is 7. The average Bonchev–Trinajstić information content (AvgIpc) is 3.28. The fourth-order valence-electron chi connectivity index (χ4n) is 4.54. The van der Waals surface area contributed by atoms with Gasteiger partial charge in [-0.1, -0.05) is 0 Å². The highest BCUT2D eigenvalue weighted by molar-refractivity contribution is 5.97. The predicted molar refractivity (Wildman–Crippen MR) is 134 cm³/mol. The Morgan fingerprint density at radius 2 is 1.85 bits per heavy atom. The molecule has 1 amide bonds. The van der Waals surface area contributed by atoms with E-state index >= 15 is 0 Å². The van der Waals surface area contributed by atoms with Gasteiger partial charge in [-0.05, 0) is 49.4 Å². The van der Waals surface area contributed by atoms with Crippen molar-refractivity contribution in [2.24, 2.45) is 0 Å². The molecule has 14 heteroatoms. The number of benzene rings is 2. The van der Waals surface area contributed by atoms with E-state index in [9.17, 15) is 37.3 Å². The van der Waals surface area contributed by atoms with Crippen LogP contribution in [0, 0.1) is 22.9 Å². The van der Waals surface area contributed by atoms with Gasteiger partial charge in [-0.15, -0.1) is 0 Å². The zero-order valence-corrected chi connectivity index (χ0v) is 21.1. The van der Waals surface area contributed by atoms with E-state index in [2.05, 4.69) is 15.4 Å².